The highest BCUT2D eigenvalue weighted by Crippen LogP contribution is 2.20. The normalized spacial score (nSPS) is 11.3. The number of pyridine rings is 1. The number of hydrogen-bond acceptors (Lipinski definition) is 4. The third kappa shape index (κ3) is 2.19. The van der Waals surface area contributed by atoms with Crippen molar-refractivity contribution in [2.75, 3.05) is 0 Å². The Morgan fingerprint density at radius 1 is 1.18 bits per heavy atom. The molecule has 0 atom stereocenters. The summed E-state index contributed by atoms with van der Waals surface area (Å²) in [7, 11) is 0. The summed E-state index contributed by atoms with van der Waals surface area (Å²) in [4.78, 5) is 23.1. The maximum Gasteiger partial charge on any atom is 0.262 e. The summed E-state index contributed by atoms with van der Waals surface area (Å²) in [6.07, 6.45) is 3.41. The summed E-state index contributed by atoms with van der Waals surface area (Å²) >= 11 is 1.55. The van der Waals surface area contributed by atoms with Gasteiger partial charge in [-0.05, 0) is 36.8 Å². The largest absolute Gasteiger partial charge is 0.294 e. The molecule has 4 nitrogen and oxygen atoms in total. The zero-order chi connectivity index (χ0) is 15.1. The van der Waals surface area contributed by atoms with E-state index >= 15 is 0 Å². The fraction of sp³-hybridized carbons (Fsp3) is 0.118. The van der Waals surface area contributed by atoms with Crippen LogP contribution in [0.15, 0.2) is 53.7 Å². The minimum atomic E-state index is 0.0145. The molecule has 0 bridgehead atoms. The smallest absolute Gasteiger partial charge is 0.262 e. The lowest BCUT2D eigenvalue weighted by Gasteiger charge is -2.06. The first kappa shape index (κ1) is 13.2. The van der Waals surface area contributed by atoms with Crippen molar-refractivity contribution in [1.29, 1.82) is 0 Å². The van der Waals surface area contributed by atoms with Gasteiger partial charge in [0.15, 0.2) is 0 Å². The van der Waals surface area contributed by atoms with Crippen molar-refractivity contribution in [2.24, 2.45) is 0 Å². The summed E-state index contributed by atoms with van der Waals surface area (Å²) in [5.41, 5.74) is 2.04. The van der Waals surface area contributed by atoms with E-state index in [0.29, 0.717) is 11.9 Å². The van der Waals surface area contributed by atoms with Crippen LogP contribution in [0.1, 0.15) is 10.4 Å². The van der Waals surface area contributed by atoms with Crippen LogP contribution in [0.2, 0.25) is 0 Å². The molecule has 1 aromatic carbocycles. The van der Waals surface area contributed by atoms with E-state index in [1.165, 1.54) is 0 Å². The van der Waals surface area contributed by atoms with Gasteiger partial charge in [0, 0.05) is 16.5 Å². The van der Waals surface area contributed by atoms with E-state index in [9.17, 15) is 4.79 Å². The molecular formula is C17H13N3OS. The van der Waals surface area contributed by atoms with Gasteiger partial charge in [-0.3, -0.25) is 14.3 Å². The molecule has 4 aromatic rings. The van der Waals surface area contributed by atoms with Gasteiger partial charge in [0.1, 0.15) is 4.83 Å². The monoisotopic (exact) mass is 307 g/mol. The Labute approximate surface area is 130 Å². The fourth-order valence-electron chi connectivity index (χ4n) is 2.61. The van der Waals surface area contributed by atoms with Crippen LogP contribution in [-0.2, 0) is 6.54 Å². The van der Waals surface area contributed by atoms with Crippen LogP contribution in [0.4, 0.5) is 0 Å². The molecule has 0 fully saturated rings. The van der Waals surface area contributed by atoms with Crippen LogP contribution >= 0.6 is 11.3 Å². The van der Waals surface area contributed by atoms with Gasteiger partial charge in [-0.25, -0.2) is 4.98 Å². The summed E-state index contributed by atoms with van der Waals surface area (Å²) in [5, 5.41) is 1.78. The minimum Gasteiger partial charge on any atom is -0.294 e. The molecule has 0 aliphatic rings. The Morgan fingerprint density at radius 2 is 2.09 bits per heavy atom. The molecule has 0 amide bonds. The Bertz CT molecular complexity index is 1050. The molecule has 0 saturated heterocycles. The van der Waals surface area contributed by atoms with Gasteiger partial charge in [-0.15, -0.1) is 11.3 Å². The zero-order valence-electron chi connectivity index (χ0n) is 12.0. The maximum absolute atomic E-state index is 12.5. The van der Waals surface area contributed by atoms with Gasteiger partial charge in [0.2, 0.25) is 0 Å². The van der Waals surface area contributed by atoms with Gasteiger partial charge >= 0.3 is 0 Å². The van der Waals surface area contributed by atoms with E-state index in [1.54, 1.807) is 28.4 Å². The van der Waals surface area contributed by atoms with Crippen LogP contribution in [0.25, 0.3) is 21.1 Å². The summed E-state index contributed by atoms with van der Waals surface area (Å²) in [6, 6.07) is 11.9. The molecule has 108 valence electrons. The van der Waals surface area contributed by atoms with Crippen molar-refractivity contribution in [3.8, 4) is 0 Å². The van der Waals surface area contributed by atoms with Crippen LogP contribution in [0, 0.1) is 6.92 Å². The summed E-state index contributed by atoms with van der Waals surface area (Å²) < 4.78 is 1.66. The zero-order valence-corrected chi connectivity index (χ0v) is 12.8. The number of aromatic nitrogens is 3. The maximum atomic E-state index is 12.5. The predicted molar refractivity (Wildman–Crippen MR) is 89.5 cm³/mol. The van der Waals surface area contributed by atoms with Gasteiger partial charge in [-0.2, -0.15) is 0 Å². The molecule has 4 rings (SSSR count). The minimum absolute atomic E-state index is 0.0145. The first-order valence-electron chi connectivity index (χ1n) is 7.00. The molecule has 0 N–H and O–H groups in total. The lowest BCUT2D eigenvalue weighted by Crippen LogP contribution is -2.20. The van der Waals surface area contributed by atoms with Crippen LogP contribution in [0.3, 0.4) is 0 Å². The highest BCUT2D eigenvalue weighted by molar-refractivity contribution is 7.18. The fourth-order valence-corrected chi connectivity index (χ4v) is 3.45. The van der Waals surface area contributed by atoms with Crippen LogP contribution < -0.4 is 5.56 Å². The first-order chi connectivity index (χ1) is 10.7. The molecule has 0 aliphatic carbocycles. The topological polar surface area (TPSA) is 47.8 Å². The van der Waals surface area contributed by atoms with Gasteiger partial charge in [0.25, 0.3) is 5.56 Å². The van der Waals surface area contributed by atoms with E-state index in [4.69, 9.17) is 0 Å². The third-order valence-corrected chi connectivity index (χ3v) is 4.62. The van der Waals surface area contributed by atoms with Crippen molar-refractivity contribution in [2.45, 2.75) is 13.5 Å². The van der Waals surface area contributed by atoms with Crippen LogP contribution in [0.5, 0.6) is 0 Å². The molecule has 0 radical (unpaired) electrons. The molecule has 0 unspecified atom stereocenters. The number of rotatable bonds is 2. The van der Waals surface area contributed by atoms with Crippen molar-refractivity contribution < 1.29 is 0 Å². The Morgan fingerprint density at radius 3 is 3.00 bits per heavy atom. The number of hydrogen-bond donors (Lipinski definition) is 0. The second-order valence-electron chi connectivity index (χ2n) is 5.28. The van der Waals surface area contributed by atoms with Crippen molar-refractivity contribution in [3.63, 3.8) is 0 Å². The van der Waals surface area contributed by atoms with Crippen molar-refractivity contribution in [1.82, 2.24) is 14.5 Å². The summed E-state index contributed by atoms with van der Waals surface area (Å²) in [6.45, 7) is 2.51. The lowest BCUT2D eigenvalue weighted by molar-refractivity contribution is 0.750. The van der Waals surface area contributed by atoms with E-state index in [0.717, 1.165) is 26.2 Å². The highest BCUT2D eigenvalue weighted by Gasteiger charge is 2.08. The van der Waals surface area contributed by atoms with Gasteiger partial charge in [0.05, 0.1) is 23.8 Å². The van der Waals surface area contributed by atoms with Crippen molar-refractivity contribution in [3.05, 3.63) is 69.7 Å². The molecule has 3 heterocycles. The average molecular weight is 307 g/mol. The molecule has 22 heavy (non-hydrogen) atoms. The Balaban J connectivity index is 1.78. The molecule has 0 aliphatic heterocycles. The number of aryl methyl sites for hydroxylation is 1. The quantitative estimate of drug-likeness (QED) is 0.570. The number of thiophene rings is 1. The highest BCUT2D eigenvalue weighted by atomic mass is 32.1. The Hall–Kier alpha value is -2.53. The summed E-state index contributed by atoms with van der Waals surface area (Å²) in [5.74, 6) is 0. The van der Waals surface area contributed by atoms with E-state index in [2.05, 4.69) is 16.0 Å². The van der Waals surface area contributed by atoms with Crippen LogP contribution in [-0.4, -0.2) is 14.5 Å². The van der Waals surface area contributed by atoms with Crippen molar-refractivity contribution >= 4 is 32.5 Å². The van der Waals surface area contributed by atoms with Gasteiger partial charge in [-0.1, -0.05) is 12.1 Å². The molecule has 0 saturated carbocycles. The average Bonchev–Trinajstić information content (AvgIpc) is 2.91. The third-order valence-electron chi connectivity index (χ3n) is 3.66. The molecule has 0 spiro atoms. The molecular weight excluding hydrogens is 294 g/mol. The van der Waals surface area contributed by atoms with E-state index in [1.807, 2.05) is 37.3 Å². The predicted octanol–water partition coefficient (Wildman–Crippen LogP) is 3.36. The molecule has 3 aromatic heterocycles. The van der Waals surface area contributed by atoms with E-state index < -0.39 is 0 Å². The first-order valence-corrected chi connectivity index (χ1v) is 7.81. The number of benzene rings is 1. The SMILES string of the molecule is Cc1cc2c(=O)n(Cc3ccc4ncccc4c3)cnc2s1. The van der Waals surface area contributed by atoms with Gasteiger partial charge < -0.3 is 0 Å². The number of nitrogens with zero attached hydrogens (tertiary/aromatic N) is 3. The standard InChI is InChI=1S/C17H13N3OS/c1-11-7-14-16(22-11)19-10-20(17(14)21)9-12-4-5-15-13(8-12)3-2-6-18-15/h2-8,10H,9H2,1H3. The molecule has 5 heteroatoms. The second-order valence-corrected chi connectivity index (χ2v) is 6.52. The number of fused-ring (bicyclic) bond motifs is 2. The van der Waals surface area contributed by atoms with E-state index in [-0.39, 0.29) is 5.56 Å². The lowest BCUT2D eigenvalue weighted by atomic mass is 10.1. The Kier molecular flexibility index (Phi) is 3.01. The second kappa shape index (κ2) is 5.03.